The summed E-state index contributed by atoms with van der Waals surface area (Å²) in [6, 6.07) is 0. The van der Waals surface area contributed by atoms with E-state index in [4.69, 9.17) is 5.73 Å². The summed E-state index contributed by atoms with van der Waals surface area (Å²) in [4.78, 5) is 19.6. The quantitative estimate of drug-likeness (QED) is 0.448. The molecule has 0 bridgehead atoms. The summed E-state index contributed by atoms with van der Waals surface area (Å²) in [5.74, 6) is 0.487. The van der Waals surface area contributed by atoms with E-state index in [0.717, 1.165) is 41.5 Å². The van der Waals surface area contributed by atoms with Gasteiger partial charge in [-0.25, -0.2) is 0 Å². The van der Waals surface area contributed by atoms with Gasteiger partial charge in [0.2, 0.25) is 0 Å². The molecule has 5 nitrogen and oxygen atoms in total. The molecule has 2 heterocycles. The topological polar surface area (TPSA) is 65.8 Å². The number of allylic oxidation sites excluding steroid dienone is 4. The van der Waals surface area contributed by atoms with Crippen molar-refractivity contribution in [1.82, 2.24) is 14.3 Å². The van der Waals surface area contributed by atoms with E-state index in [1.54, 1.807) is 13.1 Å². The summed E-state index contributed by atoms with van der Waals surface area (Å²) in [6.07, 6.45) is 11.7. The van der Waals surface area contributed by atoms with Crippen molar-refractivity contribution in [3.8, 4) is 0 Å². The van der Waals surface area contributed by atoms with Gasteiger partial charge in [-0.1, -0.05) is 0 Å². The van der Waals surface area contributed by atoms with Crippen LogP contribution in [0, 0.1) is 5.92 Å². The standard InChI is InChI=1S/C19H25N4O.3CH3.Sn/c1-5-8-15(20)9-6-7-10-23-12-16-17(13-23)19(24)22(4)21-18(16)11-14(2)3;;;;/h5-6,8,12-14H,1,7,10-11,20H2,2-4H3;3*1H3;/b9-6?,15-8+;;;;. The van der Waals surface area contributed by atoms with Crippen LogP contribution < -0.4 is 11.3 Å². The van der Waals surface area contributed by atoms with Gasteiger partial charge in [0, 0.05) is 0 Å². The van der Waals surface area contributed by atoms with E-state index in [0.29, 0.717) is 5.92 Å². The molecule has 0 spiro atoms. The van der Waals surface area contributed by atoms with Gasteiger partial charge in [-0.3, -0.25) is 0 Å². The van der Waals surface area contributed by atoms with Gasteiger partial charge in [0.15, 0.2) is 0 Å². The van der Waals surface area contributed by atoms with Crippen LogP contribution in [0.3, 0.4) is 0 Å². The van der Waals surface area contributed by atoms with Crippen molar-refractivity contribution in [3.05, 3.63) is 62.5 Å². The third-order valence-electron chi connectivity index (χ3n) is 4.74. The summed E-state index contributed by atoms with van der Waals surface area (Å²) >= 11 is -2.32. The molecule has 0 aliphatic carbocycles. The molecule has 2 aromatic rings. The van der Waals surface area contributed by atoms with Crippen LogP contribution in [0.5, 0.6) is 0 Å². The maximum atomic E-state index is 12.5. The molecule has 152 valence electrons. The predicted molar refractivity (Wildman–Crippen MR) is 122 cm³/mol. The molecule has 0 aromatic carbocycles. The Morgan fingerprint density at radius 3 is 2.50 bits per heavy atom. The van der Waals surface area contributed by atoms with Gasteiger partial charge < -0.3 is 0 Å². The van der Waals surface area contributed by atoms with Gasteiger partial charge in [-0.05, 0) is 0 Å². The maximum absolute atomic E-state index is 12.5. The first-order valence-electron chi connectivity index (χ1n) is 9.89. The monoisotopic (exact) mass is 490 g/mol. The Bertz CT molecular complexity index is 971. The Kier molecular flexibility index (Phi) is 7.37. The van der Waals surface area contributed by atoms with E-state index >= 15 is 0 Å². The molecule has 28 heavy (non-hydrogen) atoms. The normalized spacial score (nSPS) is 13.5. The second-order valence-corrected chi connectivity index (χ2v) is 23.2. The van der Waals surface area contributed by atoms with Crippen LogP contribution in [0.25, 0.3) is 10.8 Å². The minimum atomic E-state index is -2.32. The molecular formula is C22H34N4OSn. The molecule has 0 amide bonds. The first-order valence-corrected chi connectivity index (χ1v) is 19.9. The van der Waals surface area contributed by atoms with E-state index in [9.17, 15) is 4.79 Å². The minimum absolute atomic E-state index is 0.0402. The van der Waals surface area contributed by atoms with Gasteiger partial charge in [0.1, 0.15) is 0 Å². The van der Waals surface area contributed by atoms with E-state index in [1.807, 2.05) is 12.3 Å². The number of fused-ring (bicyclic) bond motifs is 1. The van der Waals surface area contributed by atoms with Crippen molar-refractivity contribution in [3.63, 3.8) is 0 Å². The first kappa shape index (κ1) is 22.5. The molecule has 0 unspecified atom stereocenters. The molecule has 2 aromatic heterocycles. The van der Waals surface area contributed by atoms with Gasteiger partial charge in [-0.2, -0.15) is 0 Å². The van der Waals surface area contributed by atoms with Crippen LogP contribution in [0.15, 0.2) is 51.3 Å². The van der Waals surface area contributed by atoms with Gasteiger partial charge in [0.25, 0.3) is 0 Å². The van der Waals surface area contributed by atoms with E-state index in [1.165, 1.54) is 8.27 Å². The molecule has 2 N–H and O–H groups in total. The van der Waals surface area contributed by atoms with Crippen molar-refractivity contribution in [1.29, 1.82) is 0 Å². The van der Waals surface area contributed by atoms with Crippen molar-refractivity contribution in [2.24, 2.45) is 18.7 Å². The molecule has 0 radical (unpaired) electrons. The average Bonchev–Trinajstić information content (AvgIpc) is 2.99. The van der Waals surface area contributed by atoms with Crippen LogP contribution in [0.2, 0.25) is 14.8 Å². The third-order valence-corrected chi connectivity index (χ3v) is 10.8. The number of aryl methyl sites for hydroxylation is 2. The Morgan fingerprint density at radius 1 is 1.29 bits per heavy atom. The summed E-state index contributed by atoms with van der Waals surface area (Å²) in [7, 11) is 1.73. The number of nitrogens with two attached hydrogens (primary N) is 1. The number of aromatic nitrogens is 3. The molecule has 6 heteroatoms. The molecule has 2 rings (SSSR count). The van der Waals surface area contributed by atoms with Crippen molar-refractivity contribution >= 4 is 29.1 Å². The van der Waals surface area contributed by atoms with Crippen molar-refractivity contribution < 1.29 is 0 Å². The number of hydrogen-bond donors (Lipinski definition) is 1. The second-order valence-electron chi connectivity index (χ2n) is 8.81. The first-order chi connectivity index (χ1) is 13.0. The summed E-state index contributed by atoms with van der Waals surface area (Å²) in [5.41, 5.74) is 8.07. The van der Waals surface area contributed by atoms with Crippen LogP contribution in [-0.4, -0.2) is 32.7 Å². The van der Waals surface area contributed by atoms with Gasteiger partial charge in [-0.15, -0.1) is 0 Å². The fourth-order valence-corrected chi connectivity index (χ4v) is 8.33. The molecule has 0 atom stereocenters. The van der Waals surface area contributed by atoms with Crippen molar-refractivity contribution in [2.75, 3.05) is 0 Å². The van der Waals surface area contributed by atoms with Crippen LogP contribution in [0.4, 0.5) is 0 Å². The molecule has 0 aliphatic heterocycles. The van der Waals surface area contributed by atoms with Gasteiger partial charge in [0.05, 0.1) is 0 Å². The zero-order chi connectivity index (χ0) is 21.1. The number of hydrogen-bond acceptors (Lipinski definition) is 3. The summed E-state index contributed by atoms with van der Waals surface area (Å²) in [6.45, 7) is 8.91. The predicted octanol–water partition coefficient (Wildman–Crippen LogP) is 4.16. The molecule has 0 fully saturated rings. The van der Waals surface area contributed by atoms with Crippen LogP contribution >= 0.6 is 0 Å². The fraction of sp³-hybridized carbons (Fsp3) is 0.455. The Balaban J connectivity index is 2.34. The van der Waals surface area contributed by atoms with Gasteiger partial charge >= 0.3 is 173 Å². The van der Waals surface area contributed by atoms with E-state index < -0.39 is 18.4 Å². The number of rotatable bonds is 8. The Hall–Kier alpha value is -1.76. The van der Waals surface area contributed by atoms with E-state index in [2.05, 4.69) is 57.2 Å². The average molecular weight is 489 g/mol. The molecular weight excluding hydrogens is 455 g/mol. The van der Waals surface area contributed by atoms with E-state index in [-0.39, 0.29) is 5.56 Å². The molecule has 0 saturated heterocycles. The number of nitrogens with zero attached hydrogens (tertiary/aromatic N) is 3. The zero-order valence-corrected chi connectivity index (χ0v) is 21.0. The Labute approximate surface area is 172 Å². The van der Waals surface area contributed by atoms with Crippen LogP contribution in [-0.2, 0) is 20.0 Å². The Morgan fingerprint density at radius 2 is 1.93 bits per heavy atom. The van der Waals surface area contributed by atoms with Crippen molar-refractivity contribution in [2.45, 2.75) is 48.1 Å². The zero-order valence-electron chi connectivity index (χ0n) is 18.1. The molecule has 0 aliphatic rings. The fourth-order valence-electron chi connectivity index (χ4n) is 3.46. The SMILES string of the molecule is C=C/C=C(N)\[C](=C/CCn1cc2c(CC(C)C)nn(C)c(=O)c2c1)[Sn]([CH3])([CH3])[CH3]. The molecule has 0 saturated carbocycles. The van der Waals surface area contributed by atoms with Crippen LogP contribution in [0.1, 0.15) is 26.0 Å². The summed E-state index contributed by atoms with van der Waals surface area (Å²) < 4.78 is 4.89. The second kappa shape index (κ2) is 9.16. The summed E-state index contributed by atoms with van der Waals surface area (Å²) in [5, 5.41) is 6.22. The third kappa shape index (κ3) is 5.40.